The third kappa shape index (κ3) is 4.21. The van der Waals surface area contributed by atoms with Gasteiger partial charge in [-0.15, -0.1) is 0 Å². The van der Waals surface area contributed by atoms with Crippen molar-refractivity contribution < 1.29 is 32.5 Å². The van der Waals surface area contributed by atoms with Crippen molar-refractivity contribution in [1.29, 1.82) is 0 Å². The Bertz CT molecular complexity index is 664. The number of aliphatic hydroxyl groups is 1. The zero-order valence-corrected chi connectivity index (χ0v) is 15.3. The van der Waals surface area contributed by atoms with Crippen LogP contribution < -0.4 is 0 Å². The predicted molar refractivity (Wildman–Crippen MR) is 88.3 cm³/mol. The predicted octanol–water partition coefficient (Wildman–Crippen LogP) is 2.36. The van der Waals surface area contributed by atoms with E-state index in [1.807, 2.05) is 24.7 Å². The second kappa shape index (κ2) is 7.31. The van der Waals surface area contributed by atoms with Gasteiger partial charge in [-0.05, 0) is 32.3 Å². The Morgan fingerprint density at radius 2 is 2.11 bits per heavy atom. The van der Waals surface area contributed by atoms with Gasteiger partial charge in [0.1, 0.15) is 0 Å². The van der Waals surface area contributed by atoms with Crippen LogP contribution in [-0.2, 0) is 9.47 Å². The standard InChI is InChI=1S/C17H24F3N3O4/c1-11-8-23(21-12(11)2)13-7-16(26-10-13)3-5-22(6-4-16)15(25)27-14(9-24)17(18,19)20/h8,13-14,24H,3-7,9-10H2,1-2H3/t13?,14-/m1/s1. The molecule has 3 heterocycles. The van der Waals surface area contributed by atoms with E-state index in [2.05, 4.69) is 9.84 Å². The van der Waals surface area contributed by atoms with Crippen LogP contribution >= 0.6 is 0 Å². The lowest BCUT2D eigenvalue weighted by Gasteiger charge is -2.38. The number of ether oxygens (including phenoxy) is 2. The SMILES string of the molecule is Cc1cn(C2COC3(CCN(C(=O)O[C@H](CO)C(F)(F)F)CC3)C2)nc1C. The first-order chi connectivity index (χ1) is 12.6. The van der Waals surface area contributed by atoms with Crippen LogP contribution in [0.4, 0.5) is 18.0 Å². The molecular formula is C17H24F3N3O4. The molecule has 1 unspecified atom stereocenters. The van der Waals surface area contributed by atoms with E-state index in [1.165, 1.54) is 4.90 Å². The number of likely N-dealkylation sites (tertiary alicyclic amines) is 1. The lowest BCUT2D eigenvalue weighted by atomic mass is 9.87. The number of aliphatic hydroxyl groups excluding tert-OH is 1. The van der Waals surface area contributed by atoms with Crippen LogP contribution in [0.2, 0.25) is 0 Å². The summed E-state index contributed by atoms with van der Waals surface area (Å²) in [5.41, 5.74) is 1.68. The molecule has 1 aromatic heterocycles. The lowest BCUT2D eigenvalue weighted by Crippen LogP contribution is -2.49. The highest BCUT2D eigenvalue weighted by atomic mass is 19.4. The summed E-state index contributed by atoms with van der Waals surface area (Å²) in [5, 5.41) is 13.3. The Morgan fingerprint density at radius 3 is 2.63 bits per heavy atom. The molecule has 7 nitrogen and oxygen atoms in total. The van der Waals surface area contributed by atoms with Crippen molar-refractivity contribution in [2.24, 2.45) is 0 Å². The molecule has 2 aliphatic heterocycles. The summed E-state index contributed by atoms with van der Waals surface area (Å²) >= 11 is 0. The number of carbonyl (C=O) groups is 1. The van der Waals surface area contributed by atoms with Gasteiger partial charge in [0.15, 0.2) is 0 Å². The van der Waals surface area contributed by atoms with Crippen LogP contribution in [0, 0.1) is 13.8 Å². The second-order valence-electron chi connectivity index (χ2n) is 7.31. The molecule has 2 saturated heterocycles. The van der Waals surface area contributed by atoms with Gasteiger partial charge in [-0.25, -0.2) is 4.79 Å². The van der Waals surface area contributed by atoms with Gasteiger partial charge in [0, 0.05) is 25.7 Å². The monoisotopic (exact) mass is 391 g/mol. The lowest BCUT2D eigenvalue weighted by molar-refractivity contribution is -0.215. The van der Waals surface area contributed by atoms with Crippen molar-refractivity contribution in [3.05, 3.63) is 17.5 Å². The van der Waals surface area contributed by atoms with Crippen molar-refractivity contribution in [3.63, 3.8) is 0 Å². The molecule has 27 heavy (non-hydrogen) atoms. The van der Waals surface area contributed by atoms with Gasteiger partial charge in [-0.1, -0.05) is 0 Å². The highest BCUT2D eigenvalue weighted by Gasteiger charge is 2.46. The Morgan fingerprint density at radius 1 is 1.44 bits per heavy atom. The quantitative estimate of drug-likeness (QED) is 0.856. The highest BCUT2D eigenvalue weighted by molar-refractivity contribution is 5.68. The number of piperidine rings is 1. The van der Waals surface area contributed by atoms with Gasteiger partial charge in [0.25, 0.3) is 0 Å². The fraction of sp³-hybridized carbons (Fsp3) is 0.765. The average Bonchev–Trinajstić information content (AvgIpc) is 3.16. The first-order valence-electron chi connectivity index (χ1n) is 8.93. The number of nitrogens with zero attached hydrogens (tertiary/aromatic N) is 3. The third-order valence-electron chi connectivity index (χ3n) is 5.43. The van der Waals surface area contributed by atoms with Gasteiger partial charge in [0.05, 0.1) is 30.6 Å². The molecule has 0 aliphatic carbocycles. The third-order valence-corrected chi connectivity index (χ3v) is 5.43. The fourth-order valence-electron chi connectivity index (χ4n) is 3.60. The zero-order valence-electron chi connectivity index (χ0n) is 15.3. The molecule has 1 aromatic rings. The minimum absolute atomic E-state index is 0.111. The summed E-state index contributed by atoms with van der Waals surface area (Å²) in [6.07, 6.45) is -4.57. The number of hydrogen-bond donors (Lipinski definition) is 1. The van der Waals surface area contributed by atoms with E-state index >= 15 is 0 Å². The largest absolute Gasteiger partial charge is 0.434 e. The molecule has 0 aromatic carbocycles. The molecule has 2 aliphatic rings. The summed E-state index contributed by atoms with van der Waals surface area (Å²) in [4.78, 5) is 13.2. The maximum absolute atomic E-state index is 12.6. The normalized spacial score (nSPS) is 23.6. The number of carbonyl (C=O) groups excluding carboxylic acids is 1. The number of alkyl halides is 3. The van der Waals surface area contributed by atoms with Crippen molar-refractivity contribution >= 4 is 6.09 Å². The zero-order chi connectivity index (χ0) is 19.8. The Labute approximate surface area is 155 Å². The molecule has 0 radical (unpaired) electrons. The van der Waals surface area contributed by atoms with E-state index in [-0.39, 0.29) is 19.1 Å². The van der Waals surface area contributed by atoms with E-state index in [1.54, 1.807) is 0 Å². The van der Waals surface area contributed by atoms with Crippen LogP contribution in [0.15, 0.2) is 6.20 Å². The molecule has 10 heteroatoms. The minimum Gasteiger partial charge on any atom is -0.434 e. The summed E-state index contributed by atoms with van der Waals surface area (Å²) in [7, 11) is 0. The van der Waals surface area contributed by atoms with Gasteiger partial charge in [0.2, 0.25) is 6.10 Å². The number of halogens is 3. The van der Waals surface area contributed by atoms with Gasteiger partial charge in [-0.2, -0.15) is 18.3 Å². The maximum Gasteiger partial charge on any atom is 0.427 e. The molecule has 1 spiro atoms. The summed E-state index contributed by atoms with van der Waals surface area (Å²) < 4.78 is 50.3. The minimum atomic E-state index is -4.79. The van der Waals surface area contributed by atoms with Crippen molar-refractivity contribution in [3.8, 4) is 0 Å². The molecule has 2 atom stereocenters. The molecule has 1 N–H and O–H groups in total. The van der Waals surface area contributed by atoms with E-state index in [0.717, 1.165) is 17.7 Å². The van der Waals surface area contributed by atoms with Crippen LogP contribution in [0.3, 0.4) is 0 Å². The summed E-state index contributed by atoms with van der Waals surface area (Å²) in [6.45, 7) is 3.67. The topological polar surface area (TPSA) is 76.8 Å². The van der Waals surface area contributed by atoms with Crippen LogP contribution in [0.25, 0.3) is 0 Å². The number of rotatable bonds is 3. The Hall–Kier alpha value is -1.81. The molecule has 152 valence electrons. The molecular weight excluding hydrogens is 367 g/mol. The molecule has 0 bridgehead atoms. The van der Waals surface area contributed by atoms with Crippen LogP contribution in [0.1, 0.15) is 36.6 Å². The number of aryl methyl sites for hydroxylation is 2. The van der Waals surface area contributed by atoms with Crippen molar-refractivity contribution in [1.82, 2.24) is 14.7 Å². The van der Waals surface area contributed by atoms with Crippen LogP contribution in [0.5, 0.6) is 0 Å². The molecule has 0 saturated carbocycles. The Balaban J connectivity index is 1.55. The average molecular weight is 391 g/mol. The second-order valence-corrected chi connectivity index (χ2v) is 7.31. The van der Waals surface area contributed by atoms with E-state index in [0.29, 0.717) is 19.4 Å². The molecule has 1 amide bonds. The first kappa shape index (κ1) is 19.9. The number of aromatic nitrogens is 2. The highest BCUT2D eigenvalue weighted by Crippen LogP contribution is 2.40. The van der Waals surface area contributed by atoms with E-state index < -0.39 is 30.6 Å². The van der Waals surface area contributed by atoms with Crippen LogP contribution in [-0.4, -0.2) is 70.1 Å². The van der Waals surface area contributed by atoms with Crippen molar-refractivity contribution in [2.75, 3.05) is 26.3 Å². The Kier molecular flexibility index (Phi) is 5.40. The number of amides is 1. The molecule has 3 rings (SSSR count). The fourth-order valence-corrected chi connectivity index (χ4v) is 3.60. The summed E-state index contributed by atoms with van der Waals surface area (Å²) in [5.74, 6) is 0. The smallest absolute Gasteiger partial charge is 0.427 e. The number of hydrogen-bond acceptors (Lipinski definition) is 5. The molecule has 2 fully saturated rings. The van der Waals surface area contributed by atoms with Gasteiger partial charge in [-0.3, -0.25) is 4.68 Å². The summed E-state index contributed by atoms with van der Waals surface area (Å²) in [6, 6.07) is 0.111. The van der Waals surface area contributed by atoms with E-state index in [4.69, 9.17) is 9.84 Å². The van der Waals surface area contributed by atoms with Gasteiger partial charge >= 0.3 is 12.3 Å². The van der Waals surface area contributed by atoms with Crippen molar-refractivity contribution in [2.45, 2.75) is 57.0 Å². The van der Waals surface area contributed by atoms with E-state index in [9.17, 15) is 18.0 Å². The maximum atomic E-state index is 12.6. The first-order valence-corrected chi connectivity index (χ1v) is 8.93. The van der Waals surface area contributed by atoms with Gasteiger partial charge < -0.3 is 19.5 Å².